The Labute approximate surface area is 492 Å². The number of benzene rings is 2. The number of hydrogen-bond donors (Lipinski definition) is 8. The number of nitrogens with one attached hydrogen (secondary N) is 3. The van der Waals surface area contributed by atoms with Crippen molar-refractivity contribution in [3.63, 3.8) is 0 Å². The molecule has 1 saturated heterocycles. The summed E-state index contributed by atoms with van der Waals surface area (Å²) in [5, 5.41) is 74.3. The Morgan fingerprint density at radius 3 is 2.14 bits per heavy atom. The molecule has 0 aromatic heterocycles. The molecule has 0 radical (unpaired) electrons. The van der Waals surface area contributed by atoms with E-state index in [0.29, 0.717) is 13.1 Å². The first-order chi connectivity index (χ1) is 39.3. The molecular formula is C65H96N6O12. The maximum atomic E-state index is 14.4. The van der Waals surface area contributed by atoms with E-state index in [1.807, 2.05) is 7.05 Å². The number of esters is 1. The van der Waals surface area contributed by atoms with Gasteiger partial charge >= 0.3 is 11.8 Å². The molecule has 4 heterocycles. The molecule has 10 rings (SSSR count). The van der Waals surface area contributed by atoms with E-state index in [4.69, 9.17) is 18.9 Å². The summed E-state index contributed by atoms with van der Waals surface area (Å²) in [5.41, 5.74) is 2.59. The van der Waals surface area contributed by atoms with Crippen LogP contribution in [-0.4, -0.2) is 156 Å². The molecule has 0 spiro atoms. The Morgan fingerprint density at radius 2 is 1.52 bits per heavy atom. The molecular weight excluding hydrogens is 1060 g/mol. The molecule has 2 aromatic carbocycles. The van der Waals surface area contributed by atoms with Crippen LogP contribution in [-0.2, 0) is 23.8 Å². The lowest BCUT2D eigenvalue weighted by molar-refractivity contribution is -0.160. The van der Waals surface area contributed by atoms with Crippen LogP contribution in [0.15, 0.2) is 64.5 Å². The van der Waals surface area contributed by atoms with Gasteiger partial charge < -0.3 is 65.3 Å². The molecule has 2 aromatic rings. The fourth-order valence-corrected chi connectivity index (χ4v) is 13.5. The quantitative estimate of drug-likeness (QED) is 0.0233. The van der Waals surface area contributed by atoms with Crippen LogP contribution in [0.2, 0.25) is 0 Å². The van der Waals surface area contributed by atoms with Crippen LogP contribution in [0.25, 0.3) is 10.8 Å². The number of likely N-dealkylation sites (N-methyl/N-ethyl adjacent to an activating group) is 1. The molecule has 83 heavy (non-hydrogen) atoms. The Kier molecular flexibility index (Phi) is 22.2. The smallest absolute Gasteiger partial charge is 0.312 e. The van der Waals surface area contributed by atoms with Crippen LogP contribution < -0.4 is 20.7 Å². The number of carbonyl (C=O) groups excluding carboxylic acids is 3. The first-order valence-corrected chi connectivity index (χ1v) is 30.1. The number of phenolic OH excluding ortho intramolecular Hbond substituents is 3. The number of allylic oxidation sites excluding steroid dienone is 5. The van der Waals surface area contributed by atoms with Gasteiger partial charge in [-0.05, 0) is 116 Å². The number of hydrazone groups is 1. The van der Waals surface area contributed by atoms with Gasteiger partial charge in [0, 0.05) is 113 Å². The standard InChI is InChI=1S/C43H58N4O12.C22H38N2/c1-21-12-11-13-22(2)42(55)45-33-28(20-44-47-17-15-46(9)16-18-47)37(52)30-31(38(33)53)36(51)26(6)40-32(30)41(54)43(8,59-40)57-19-14-29(56-10)23(3)39(58-27(7)48)25(5)35(50)24(4)34(21)49;1-16(2)5-4-6-17(3)7-8-23-9-10-24-22-20-12-18-11-19(14-20)15-21(22)13-18/h11-14,19-21,23-25,29,34-35,39,49-53H,15-18H2,1-10H3,(H,45,55);5,7,18-24H,4,6,8-15H2,1-3H3/b12-11+,19-14+,22-13-,44-20-;17-7+/t21-,23+,24+,25+,29-,34-,35+,39+,43-;/m0./s1. The number of nitrogens with zero attached hydrogens (tertiary/aromatic N) is 3. The van der Waals surface area contributed by atoms with E-state index >= 15 is 0 Å². The fraction of sp³-hybridized carbons (Fsp3) is 0.631. The molecule has 18 nitrogen and oxygen atoms in total. The van der Waals surface area contributed by atoms with Crippen molar-refractivity contribution in [2.75, 3.05) is 65.3 Å². The average Bonchev–Trinajstić information content (AvgIpc) is 1.88. The molecule has 1 amide bonds. The van der Waals surface area contributed by atoms with Gasteiger partial charge in [0.05, 0.1) is 53.0 Å². The first kappa shape index (κ1) is 64.8. The van der Waals surface area contributed by atoms with E-state index in [0.717, 1.165) is 62.4 Å². The number of aromatic hydroxyl groups is 3. The summed E-state index contributed by atoms with van der Waals surface area (Å²) >= 11 is 0. The number of anilines is 1. The molecule has 4 saturated carbocycles. The summed E-state index contributed by atoms with van der Waals surface area (Å²) in [5.74, 6) is -4.17. The molecule has 4 aliphatic heterocycles. The van der Waals surface area contributed by atoms with E-state index < -0.39 is 88.8 Å². The van der Waals surface area contributed by atoms with Crippen LogP contribution >= 0.6 is 0 Å². The summed E-state index contributed by atoms with van der Waals surface area (Å²) in [7, 11) is 3.42. The van der Waals surface area contributed by atoms with Gasteiger partial charge in [-0.1, -0.05) is 69.2 Å². The number of Topliss-reactive ketones (excluding diaryl/α,β-unsaturated/α-hetero) is 1. The molecule has 0 unspecified atom stereocenters. The van der Waals surface area contributed by atoms with E-state index in [1.54, 1.807) is 51.3 Å². The number of hydrogen-bond acceptors (Lipinski definition) is 17. The molecule has 18 heteroatoms. The van der Waals surface area contributed by atoms with Crippen LogP contribution in [0, 0.1) is 54.3 Å². The summed E-state index contributed by atoms with van der Waals surface area (Å²) < 4.78 is 23.6. The number of phenols is 3. The van der Waals surface area contributed by atoms with Crippen LogP contribution in [0.4, 0.5) is 5.69 Å². The monoisotopic (exact) mass is 1150 g/mol. The van der Waals surface area contributed by atoms with Crippen molar-refractivity contribution >= 4 is 40.3 Å². The van der Waals surface area contributed by atoms with Gasteiger partial charge in [-0.3, -0.25) is 19.4 Å². The molecule has 4 aliphatic carbocycles. The predicted molar refractivity (Wildman–Crippen MR) is 325 cm³/mol. The molecule has 9 atom stereocenters. The van der Waals surface area contributed by atoms with E-state index in [9.17, 15) is 39.9 Å². The Morgan fingerprint density at radius 1 is 0.855 bits per heavy atom. The van der Waals surface area contributed by atoms with Gasteiger partial charge in [0.25, 0.3) is 11.7 Å². The third-order valence-corrected chi connectivity index (χ3v) is 18.5. The number of rotatable bonds is 13. The molecule has 458 valence electrons. The molecule has 8 aliphatic rings. The fourth-order valence-electron chi connectivity index (χ4n) is 13.5. The van der Waals surface area contributed by atoms with Gasteiger partial charge in [0.1, 0.15) is 23.4 Å². The van der Waals surface area contributed by atoms with Crippen molar-refractivity contribution in [2.24, 2.45) is 52.4 Å². The second-order valence-corrected chi connectivity index (χ2v) is 25.1. The normalized spacial score (nSPS) is 32.8. The minimum Gasteiger partial charge on any atom is -0.507 e. The van der Waals surface area contributed by atoms with Crippen molar-refractivity contribution in [1.82, 2.24) is 20.5 Å². The zero-order valence-electron chi connectivity index (χ0n) is 51.5. The summed E-state index contributed by atoms with van der Waals surface area (Å²) in [6.07, 6.45) is 19.6. The lowest BCUT2D eigenvalue weighted by Gasteiger charge is -2.54. The minimum atomic E-state index is -2.04. The van der Waals surface area contributed by atoms with Crippen molar-refractivity contribution in [1.29, 1.82) is 0 Å². The molecule has 8 N–H and O–H groups in total. The highest BCUT2D eigenvalue weighted by Gasteiger charge is 2.51. The number of aliphatic hydroxyl groups excluding tert-OH is 2. The van der Waals surface area contributed by atoms with Crippen molar-refractivity contribution in [2.45, 2.75) is 157 Å². The number of carbonyl (C=O) groups is 3. The topological polar surface area (TPSA) is 244 Å². The summed E-state index contributed by atoms with van der Waals surface area (Å²) in [4.78, 5) is 42.6. The highest BCUT2D eigenvalue weighted by molar-refractivity contribution is 6.23. The zero-order valence-corrected chi connectivity index (χ0v) is 51.5. The van der Waals surface area contributed by atoms with E-state index in [2.05, 4.69) is 58.9 Å². The largest absolute Gasteiger partial charge is 0.507 e. The molecule has 9 bridgehead atoms. The van der Waals surface area contributed by atoms with Gasteiger partial charge in [0.15, 0.2) is 5.75 Å². The van der Waals surface area contributed by atoms with Gasteiger partial charge in [-0.2, -0.15) is 5.10 Å². The van der Waals surface area contributed by atoms with Crippen molar-refractivity contribution in [3.05, 3.63) is 76.1 Å². The number of ketones is 1. The maximum absolute atomic E-state index is 14.4. The third kappa shape index (κ3) is 15.2. The average molecular weight is 1150 g/mol. The van der Waals surface area contributed by atoms with Crippen LogP contribution in [0.1, 0.15) is 136 Å². The number of ether oxygens (including phenoxy) is 4. The van der Waals surface area contributed by atoms with Gasteiger partial charge in [-0.15, -0.1) is 0 Å². The summed E-state index contributed by atoms with van der Waals surface area (Å²) in [6, 6.07) is 0.834. The minimum absolute atomic E-state index is 0.0559. The van der Waals surface area contributed by atoms with Crippen LogP contribution in [0.3, 0.4) is 0 Å². The third-order valence-electron chi connectivity index (χ3n) is 18.5. The summed E-state index contributed by atoms with van der Waals surface area (Å²) in [6.45, 7) is 25.0. The highest BCUT2D eigenvalue weighted by atomic mass is 16.7. The lowest BCUT2D eigenvalue weighted by Crippen LogP contribution is -2.55. The number of fused-ring (bicyclic) bond motifs is 14. The SMILES string of the molecule is CC(C)=CCC/C(C)=C/CNCCNC1C2CC3CC(C2)CC1C3.CO[C@H]1/C=C/O[C@@]2(C)Oc3c(C)c(O)c4c(O)c(c(/C=N\N5CCN(C)CC5)c(O)c4c3C2=O)NC(=O)/C(C)=C\C=C\[C@H](C)[C@H](O)[C@@H](C)[C@@H](O)[C@@H](C)[C@H](OC(C)=O)[C@@H]1C. The zero-order chi connectivity index (χ0) is 60.6. The van der Waals surface area contributed by atoms with Gasteiger partial charge in [-0.25, -0.2) is 0 Å². The second-order valence-electron chi connectivity index (χ2n) is 25.1. The van der Waals surface area contributed by atoms with Crippen LogP contribution in [0.5, 0.6) is 23.0 Å². The number of methoxy groups -OCH3 is 1. The van der Waals surface area contributed by atoms with E-state index in [-0.39, 0.29) is 44.5 Å². The highest BCUT2D eigenvalue weighted by Crippen LogP contribution is 2.56. The Hall–Kier alpha value is -5.76. The molecule has 5 fully saturated rings. The van der Waals surface area contributed by atoms with Gasteiger partial charge in [0.2, 0.25) is 0 Å². The Balaban J connectivity index is 0.000000341. The second kappa shape index (κ2) is 28.4. The number of piperazine rings is 1. The van der Waals surface area contributed by atoms with Crippen molar-refractivity contribution < 1.29 is 58.9 Å². The van der Waals surface area contributed by atoms with Crippen molar-refractivity contribution in [3.8, 4) is 23.0 Å². The maximum Gasteiger partial charge on any atom is 0.312 e. The van der Waals surface area contributed by atoms with E-state index in [1.165, 1.54) is 109 Å². The first-order valence-electron chi connectivity index (χ1n) is 30.1. The Bertz CT molecular complexity index is 2800. The lowest BCUT2D eigenvalue weighted by atomic mass is 9.54. The number of aliphatic hydroxyl groups is 2. The predicted octanol–water partition coefficient (Wildman–Crippen LogP) is 9.02. The number of amides is 1.